The molecule has 0 amide bonds. The highest BCUT2D eigenvalue weighted by atomic mass is 35.5. The second kappa shape index (κ2) is 9.22. The first-order valence-corrected chi connectivity index (χ1v) is 7.86. The number of hydrogen-bond donors (Lipinski definition) is 1. The molecule has 0 radical (unpaired) electrons. The van der Waals surface area contributed by atoms with E-state index in [-0.39, 0.29) is 0 Å². The van der Waals surface area contributed by atoms with Crippen molar-refractivity contribution in [2.75, 3.05) is 26.9 Å². The molecular weight excluding hydrogens is 316 g/mol. The molecule has 0 bridgehead atoms. The van der Waals surface area contributed by atoms with Gasteiger partial charge in [0.1, 0.15) is 6.61 Å². The van der Waals surface area contributed by atoms with Crippen LogP contribution in [0.15, 0.2) is 36.5 Å². The molecule has 0 atom stereocenters. The van der Waals surface area contributed by atoms with Crippen molar-refractivity contribution in [3.05, 3.63) is 47.1 Å². The number of pyridine rings is 1. The van der Waals surface area contributed by atoms with Crippen molar-refractivity contribution in [1.82, 2.24) is 10.3 Å². The van der Waals surface area contributed by atoms with Gasteiger partial charge in [0, 0.05) is 36.4 Å². The van der Waals surface area contributed by atoms with Gasteiger partial charge in [-0.25, -0.2) is 4.98 Å². The van der Waals surface area contributed by atoms with Crippen LogP contribution in [0.5, 0.6) is 17.4 Å². The summed E-state index contributed by atoms with van der Waals surface area (Å²) in [5, 5.41) is 3.93. The highest BCUT2D eigenvalue weighted by molar-refractivity contribution is 6.31. The average molecular weight is 337 g/mol. The highest BCUT2D eigenvalue weighted by Crippen LogP contribution is 2.33. The number of hydrogen-bond acceptors (Lipinski definition) is 5. The fraction of sp³-hybridized carbons (Fsp3) is 0.353. The van der Waals surface area contributed by atoms with Crippen LogP contribution >= 0.6 is 11.6 Å². The van der Waals surface area contributed by atoms with Gasteiger partial charge in [-0.1, -0.05) is 17.7 Å². The van der Waals surface area contributed by atoms with Crippen molar-refractivity contribution in [2.45, 2.75) is 13.5 Å². The van der Waals surface area contributed by atoms with E-state index in [0.29, 0.717) is 48.7 Å². The molecule has 1 aromatic heterocycles. The maximum absolute atomic E-state index is 6.27. The van der Waals surface area contributed by atoms with Crippen molar-refractivity contribution < 1.29 is 14.2 Å². The minimum atomic E-state index is 0.531. The van der Waals surface area contributed by atoms with E-state index >= 15 is 0 Å². The first-order valence-electron chi connectivity index (χ1n) is 7.48. The molecule has 2 aromatic rings. The second-order valence-corrected chi connectivity index (χ2v) is 5.13. The molecule has 23 heavy (non-hydrogen) atoms. The summed E-state index contributed by atoms with van der Waals surface area (Å²) in [6.45, 7) is 4.34. The molecular formula is C17H21ClN2O3. The average Bonchev–Trinajstić information content (AvgIpc) is 2.58. The van der Waals surface area contributed by atoms with E-state index in [1.807, 2.05) is 31.2 Å². The Kier molecular flexibility index (Phi) is 6.97. The van der Waals surface area contributed by atoms with Crippen molar-refractivity contribution in [3.63, 3.8) is 0 Å². The lowest BCUT2D eigenvalue weighted by molar-refractivity contribution is 0.301. The van der Waals surface area contributed by atoms with Crippen LogP contribution in [0, 0.1) is 0 Å². The molecule has 0 unspecified atom stereocenters. The molecule has 0 aliphatic heterocycles. The Morgan fingerprint density at radius 2 is 2.04 bits per heavy atom. The molecule has 2 rings (SSSR count). The lowest BCUT2D eigenvalue weighted by atomic mass is 10.2. The zero-order chi connectivity index (χ0) is 16.5. The summed E-state index contributed by atoms with van der Waals surface area (Å²) in [5.41, 5.74) is 0.953. The number of nitrogens with one attached hydrogen (secondary N) is 1. The molecule has 0 saturated heterocycles. The standard InChI is InChI=1S/C17H21ClN2O3/c1-3-22-16-10-13(14(18)11-15(16)21-2)12-19-8-9-23-17-6-4-5-7-20-17/h4-7,10-11,19H,3,8-9,12H2,1-2H3. The molecule has 1 N–H and O–H groups in total. The molecule has 6 heteroatoms. The number of halogens is 1. The number of ether oxygens (including phenoxy) is 3. The van der Waals surface area contributed by atoms with Crippen LogP contribution in [0.25, 0.3) is 0 Å². The summed E-state index contributed by atoms with van der Waals surface area (Å²) in [5.74, 6) is 1.95. The molecule has 0 saturated carbocycles. The van der Waals surface area contributed by atoms with E-state index in [4.69, 9.17) is 25.8 Å². The zero-order valence-corrected chi connectivity index (χ0v) is 14.1. The second-order valence-electron chi connectivity index (χ2n) is 4.72. The van der Waals surface area contributed by atoms with Crippen LogP contribution in [-0.4, -0.2) is 31.9 Å². The van der Waals surface area contributed by atoms with Crippen molar-refractivity contribution >= 4 is 11.6 Å². The highest BCUT2D eigenvalue weighted by Gasteiger charge is 2.10. The summed E-state index contributed by atoms with van der Waals surface area (Å²) in [6.07, 6.45) is 1.70. The van der Waals surface area contributed by atoms with Gasteiger partial charge in [0.25, 0.3) is 0 Å². The predicted octanol–water partition coefficient (Wildman–Crippen LogP) is 3.31. The van der Waals surface area contributed by atoms with Gasteiger partial charge in [-0.3, -0.25) is 0 Å². The van der Waals surface area contributed by atoms with Crippen LogP contribution in [-0.2, 0) is 6.54 Å². The Morgan fingerprint density at radius 1 is 1.17 bits per heavy atom. The molecule has 0 spiro atoms. The quantitative estimate of drug-likeness (QED) is 0.712. The third-order valence-corrected chi connectivity index (χ3v) is 3.47. The summed E-state index contributed by atoms with van der Waals surface area (Å²) in [4.78, 5) is 4.10. The fourth-order valence-corrected chi connectivity index (χ4v) is 2.24. The first-order chi connectivity index (χ1) is 11.2. The van der Waals surface area contributed by atoms with E-state index in [1.165, 1.54) is 0 Å². The van der Waals surface area contributed by atoms with Crippen molar-refractivity contribution in [1.29, 1.82) is 0 Å². The van der Waals surface area contributed by atoms with Gasteiger partial charge in [0.05, 0.1) is 13.7 Å². The predicted molar refractivity (Wildman–Crippen MR) is 90.6 cm³/mol. The topological polar surface area (TPSA) is 52.6 Å². The first kappa shape index (κ1) is 17.4. The third kappa shape index (κ3) is 5.30. The SMILES string of the molecule is CCOc1cc(CNCCOc2ccccn2)c(Cl)cc1OC. The van der Waals surface area contributed by atoms with Crippen LogP contribution < -0.4 is 19.5 Å². The lowest BCUT2D eigenvalue weighted by Gasteiger charge is -2.13. The van der Waals surface area contributed by atoms with E-state index < -0.39 is 0 Å². The molecule has 0 aliphatic carbocycles. The Bertz CT molecular complexity index is 608. The Labute approximate surface area is 141 Å². The summed E-state index contributed by atoms with van der Waals surface area (Å²) < 4.78 is 16.4. The maximum atomic E-state index is 6.27. The molecule has 124 valence electrons. The molecule has 1 heterocycles. The number of rotatable bonds is 9. The van der Waals surface area contributed by atoms with Crippen molar-refractivity contribution in [2.24, 2.45) is 0 Å². The van der Waals surface area contributed by atoms with E-state index in [2.05, 4.69) is 10.3 Å². The third-order valence-electron chi connectivity index (χ3n) is 3.11. The number of nitrogens with zero attached hydrogens (tertiary/aromatic N) is 1. The van der Waals surface area contributed by atoms with Gasteiger partial charge in [-0.15, -0.1) is 0 Å². The summed E-state index contributed by atoms with van der Waals surface area (Å²) >= 11 is 6.27. The monoisotopic (exact) mass is 336 g/mol. The lowest BCUT2D eigenvalue weighted by Crippen LogP contribution is -2.21. The number of benzene rings is 1. The van der Waals surface area contributed by atoms with Crippen LogP contribution in [0.3, 0.4) is 0 Å². The van der Waals surface area contributed by atoms with E-state index in [0.717, 1.165) is 5.56 Å². The van der Waals surface area contributed by atoms with Crippen LogP contribution in [0.4, 0.5) is 0 Å². The summed E-state index contributed by atoms with van der Waals surface area (Å²) in [7, 11) is 1.60. The normalized spacial score (nSPS) is 10.4. The fourth-order valence-electron chi connectivity index (χ4n) is 2.02. The Morgan fingerprint density at radius 3 is 2.74 bits per heavy atom. The smallest absolute Gasteiger partial charge is 0.213 e. The van der Waals surface area contributed by atoms with Gasteiger partial charge >= 0.3 is 0 Å². The van der Waals surface area contributed by atoms with Gasteiger partial charge in [0.15, 0.2) is 11.5 Å². The molecule has 0 fully saturated rings. The van der Waals surface area contributed by atoms with Crippen molar-refractivity contribution in [3.8, 4) is 17.4 Å². The molecule has 1 aromatic carbocycles. The van der Waals surface area contributed by atoms with Gasteiger partial charge in [-0.05, 0) is 24.6 Å². The van der Waals surface area contributed by atoms with Crippen LogP contribution in [0.1, 0.15) is 12.5 Å². The van der Waals surface area contributed by atoms with Gasteiger partial charge in [0.2, 0.25) is 5.88 Å². The minimum absolute atomic E-state index is 0.531. The molecule has 0 aliphatic rings. The van der Waals surface area contributed by atoms with Gasteiger partial charge < -0.3 is 19.5 Å². The minimum Gasteiger partial charge on any atom is -0.493 e. The Hall–Kier alpha value is -1.98. The summed E-state index contributed by atoms with van der Waals surface area (Å²) in [6, 6.07) is 9.24. The number of aromatic nitrogens is 1. The maximum Gasteiger partial charge on any atom is 0.213 e. The van der Waals surface area contributed by atoms with Crippen LogP contribution in [0.2, 0.25) is 5.02 Å². The van der Waals surface area contributed by atoms with E-state index in [9.17, 15) is 0 Å². The largest absolute Gasteiger partial charge is 0.493 e. The zero-order valence-electron chi connectivity index (χ0n) is 13.3. The number of methoxy groups -OCH3 is 1. The Balaban J connectivity index is 1.84. The van der Waals surface area contributed by atoms with E-state index in [1.54, 1.807) is 19.4 Å². The molecule has 5 nitrogen and oxygen atoms in total. The van der Waals surface area contributed by atoms with Gasteiger partial charge in [-0.2, -0.15) is 0 Å².